The average molecular weight is 356 g/mol. The summed E-state index contributed by atoms with van der Waals surface area (Å²) in [7, 11) is 0. The quantitative estimate of drug-likeness (QED) is 0.651. The molecule has 0 heterocycles. The third-order valence-corrected chi connectivity index (χ3v) is 5.30. The van der Waals surface area contributed by atoms with Gasteiger partial charge in [-0.05, 0) is 55.8 Å². The molecule has 0 aromatic heterocycles. The van der Waals surface area contributed by atoms with Gasteiger partial charge >= 0.3 is 0 Å². The predicted octanol–water partition coefficient (Wildman–Crippen LogP) is 5.47. The number of hydrogen-bond donors (Lipinski definition) is 1. The van der Waals surface area contributed by atoms with Gasteiger partial charge in [0, 0.05) is 10.5 Å². The summed E-state index contributed by atoms with van der Waals surface area (Å²) in [5, 5.41) is 3.67. The lowest BCUT2D eigenvalue weighted by Crippen LogP contribution is -2.32. The fraction of sp³-hybridized carbons (Fsp3) is 0.667. The van der Waals surface area contributed by atoms with Gasteiger partial charge in [0.2, 0.25) is 0 Å². The number of hydrogen-bond acceptors (Lipinski definition) is 1. The van der Waals surface area contributed by atoms with Crippen molar-refractivity contribution in [3.63, 3.8) is 0 Å². The highest BCUT2D eigenvalue weighted by molar-refractivity contribution is 9.10. The molecular formula is C18H27BrFN. The molecule has 2 rings (SSSR count). The van der Waals surface area contributed by atoms with Crippen LogP contribution in [-0.4, -0.2) is 12.6 Å². The maximum Gasteiger partial charge on any atom is 0.124 e. The van der Waals surface area contributed by atoms with Crippen LogP contribution in [0.3, 0.4) is 0 Å². The van der Waals surface area contributed by atoms with E-state index in [4.69, 9.17) is 0 Å². The van der Waals surface area contributed by atoms with Crippen LogP contribution in [0.5, 0.6) is 0 Å². The summed E-state index contributed by atoms with van der Waals surface area (Å²) >= 11 is 3.49. The highest BCUT2D eigenvalue weighted by Crippen LogP contribution is 2.29. The van der Waals surface area contributed by atoms with Crippen LogP contribution < -0.4 is 5.32 Å². The molecule has 21 heavy (non-hydrogen) atoms. The van der Waals surface area contributed by atoms with Crippen LogP contribution in [-0.2, 0) is 6.42 Å². The van der Waals surface area contributed by atoms with Gasteiger partial charge in [-0.25, -0.2) is 4.39 Å². The Labute approximate surface area is 136 Å². The Morgan fingerprint density at radius 1 is 1.33 bits per heavy atom. The van der Waals surface area contributed by atoms with E-state index in [2.05, 4.69) is 28.2 Å². The van der Waals surface area contributed by atoms with E-state index in [1.807, 2.05) is 6.07 Å². The van der Waals surface area contributed by atoms with E-state index in [0.717, 1.165) is 29.8 Å². The highest BCUT2D eigenvalue weighted by atomic mass is 79.9. The Kier molecular flexibility index (Phi) is 7.18. The van der Waals surface area contributed by atoms with E-state index >= 15 is 0 Å². The molecule has 1 unspecified atom stereocenters. The standard InChI is InChI=1S/C18H27BrFN/c1-2-11-21-17(10-7-14-5-3-4-6-14)12-15-8-9-16(20)13-18(15)19/h8-9,13-14,17,21H,2-7,10-12H2,1H3. The smallest absolute Gasteiger partial charge is 0.124 e. The zero-order valence-corrected chi connectivity index (χ0v) is 14.6. The van der Waals surface area contributed by atoms with Crippen LogP contribution >= 0.6 is 15.9 Å². The summed E-state index contributed by atoms with van der Waals surface area (Å²) in [6.07, 6.45) is 10.4. The van der Waals surface area contributed by atoms with Gasteiger partial charge in [0.05, 0.1) is 0 Å². The van der Waals surface area contributed by atoms with E-state index < -0.39 is 0 Å². The van der Waals surface area contributed by atoms with Crippen molar-refractivity contribution < 1.29 is 4.39 Å². The molecule has 1 atom stereocenters. The fourth-order valence-corrected chi connectivity index (χ4v) is 3.83. The molecule has 0 bridgehead atoms. The molecule has 118 valence electrons. The van der Waals surface area contributed by atoms with Gasteiger partial charge < -0.3 is 5.32 Å². The molecule has 3 heteroatoms. The molecule has 1 aliphatic rings. The van der Waals surface area contributed by atoms with Gasteiger partial charge in [-0.2, -0.15) is 0 Å². The van der Waals surface area contributed by atoms with Crippen LogP contribution in [0.15, 0.2) is 22.7 Å². The van der Waals surface area contributed by atoms with Gasteiger partial charge in [-0.3, -0.25) is 0 Å². The molecule has 1 nitrogen and oxygen atoms in total. The molecule has 1 aromatic carbocycles. The maximum atomic E-state index is 13.2. The van der Waals surface area contributed by atoms with Gasteiger partial charge in [-0.15, -0.1) is 0 Å². The zero-order valence-electron chi connectivity index (χ0n) is 13.0. The van der Waals surface area contributed by atoms with Crippen molar-refractivity contribution in [2.75, 3.05) is 6.54 Å². The van der Waals surface area contributed by atoms with Crippen LogP contribution in [0, 0.1) is 11.7 Å². The molecule has 0 radical (unpaired) electrons. The second-order valence-corrected chi connectivity index (χ2v) is 7.17. The summed E-state index contributed by atoms with van der Waals surface area (Å²) in [4.78, 5) is 0. The lowest BCUT2D eigenvalue weighted by Gasteiger charge is -2.21. The maximum absolute atomic E-state index is 13.2. The van der Waals surface area contributed by atoms with E-state index in [1.54, 1.807) is 12.1 Å². The molecule has 1 N–H and O–H groups in total. The molecule has 1 fully saturated rings. The van der Waals surface area contributed by atoms with Crippen molar-refractivity contribution in [3.05, 3.63) is 34.1 Å². The minimum Gasteiger partial charge on any atom is -0.314 e. The Hall–Kier alpha value is -0.410. The summed E-state index contributed by atoms with van der Waals surface area (Å²) in [6.45, 7) is 3.27. The summed E-state index contributed by atoms with van der Waals surface area (Å²) < 4.78 is 14.1. The van der Waals surface area contributed by atoms with Gasteiger partial charge in [0.15, 0.2) is 0 Å². The summed E-state index contributed by atoms with van der Waals surface area (Å²) in [5.41, 5.74) is 1.21. The fourth-order valence-electron chi connectivity index (χ4n) is 3.31. The normalized spacial score (nSPS) is 17.3. The highest BCUT2D eigenvalue weighted by Gasteiger charge is 2.18. The Morgan fingerprint density at radius 2 is 2.10 bits per heavy atom. The SMILES string of the molecule is CCCNC(CCC1CCCC1)Cc1ccc(F)cc1Br. The minimum atomic E-state index is -0.172. The monoisotopic (exact) mass is 355 g/mol. The van der Waals surface area contributed by atoms with Crippen LogP contribution in [0.4, 0.5) is 4.39 Å². The third-order valence-electron chi connectivity index (χ3n) is 4.56. The van der Waals surface area contributed by atoms with E-state index in [1.165, 1.54) is 44.1 Å². The minimum absolute atomic E-state index is 0.172. The van der Waals surface area contributed by atoms with Crippen molar-refractivity contribution in [1.82, 2.24) is 5.32 Å². The number of nitrogens with one attached hydrogen (secondary N) is 1. The topological polar surface area (TPSA) is 12.0 Å². The Balaban J connectivity index is 1.90. The van der Waals surface area contributed by atoms with Gasteiger partial charge in [0.1, 0.15) is 5.82 Å². The van der Waals surface area contributed by atoms with Crippen molar-refractivity contribution in [3.8, 4) is 0 Å². The van der Waals surface area contributed by atoms with Crippen LogP contribution in [0.1, 0.15) is 57.4 Å². The molecule has 1 aromatic rings. The van der Waals surface area contributed by atoms with E-state index in [0.29, 0.717) is 6.04 Å². The molecule has 0 aliphatic heterocycles. The molecule has 1 aliphatic carbocycles. The first-order chi connectivity index (χ1) is 10.2. The van der Waals surface area contributed by atoms with Crippen LogP contribution in [0.25, 0.3) is 0 Å². The molecular weight excluding hydrogens is 329 g/mol. The Bertz CT molecular complexity index is 429. The lowest BCUT2D eigenvalue weighted by molar-refractivity contribution is 0.402. The summed E-state index contributed by atoms with van der Waals surface area (Å²) in [6, 6.07) is 5.56. The molecule has 0 spiro atoms. The number of benzene rings is 1. The number of rotatable bonds is 8. The number of halogens is 2. The van der Waals surface area contributed by atoms with Gasteiger partial charge in [0.25, 0.3) is 0 Å². The third kappa shape index (κ3) is 5.71. The van der Waals surface area contributed by atoms with Crippen molar-refractivity contribution in [1.29, 1.82) is 0 Å². The first-order valence-electron chi connectivity index (χ1n) is 8.36. The largest absolute Gasteiger partial charge is 0.314 e. The van der Waals surface area contributed by atoms with Crippen molar-refractivity contribution in [2.24, 2.45) is 5.92 Å². The first kappa shape index (κ1) is 17.0. The molecule has 1 saturated carbocycles. The average Bonchev–Trinajstić information content (AvgIpc) is 2.97. The first-order valence-corrected chi connectivity index (χ1v) is 9.15. The second-order valence-electron chi connectivity index (χ2n) is 6.32. The molecule has 0 saturated heterocycles. The van der Waals surface area contributed by atoms with Gasteiger partial charge in [-0.1, -0.05) is 54.6 Å². The van der Waals surface area contributed by atoms with E-state index in [9.17, 15) is 4.39 Å². The van der Waals surface area contributed by atoms with E-state index in [-0.39, 0.29) is 5.82 Å². The summed E-state index contributed by atoms with van der Waals surface area (Å²) in [5.74, 6) is 0.766. The Morgan fingerprint density at radius 3 is 2.76 bits per heavy atom. The second kappa shape index (κ2) is 8.89. The zero-order chi connectivity index (χ0) is 15.1. The lowest BCUT2D eigenvalue weighted by atomic mass is 9.95. The van der Waals surface area contributed by atoms with Crippen molar-refractivity contribution in [2.45, 2.75) is 64.3 Å². The van der Waals surface area contributed by atoms with Crippen molar-refractivity contribution >= 4 is 15.9 Å². The molecule has 0 amide bonds. The predicted molar refractivity (Wildman–Crippen MR) is 91.1 cm³/mol. The van der Waals surface area contributed by atoms with Crippen LogP contribution in [0.2, 0.25) is 0 Å².